The third kappa shape index (κ3) is 4.22. The van der Waals surface area contributed by atoms with Crippen molar-refractivity contribution in [1.29, 1.82) is 0 Å². The van der Waals surface area contributed by atoms with Gasteiger partial charge in [-0.1, -0.05) is 75.8 Å². The second-order valence-corrected chi connectivity index (χ2v) is 7.97. The van der Waals surface area contributed by atoms with Crippen molar-refractivity contribution in [2.45, 2.75) is 32.0 Å². The molecular weight excluding hydrogens is 403 g/mol. The SMILES string of the molecule is CC(C)(C)C(=O)C(Br)Cc1c(Cl)cc(Br)cc1Cl. The lowest BCUT2D eigenvalue weighted by atomic mass is 9.87. The van der Waals surface area contributed by atoms with E-state index in [4.69, 9.17) is 23.2 Å². The molecule has 0 saturated heterocycles. The van der Waals surface area contributed by atoms with E-state index in [0.29, 0.717) is 16.5 Å². The molecule has 100 valence electrons. The quantitative estimate of drug-likeness (QED) is 0.579. The van der Waals surface area contributed by atoms with E-state index < -0.39 is 0 Å². The molecule has 1 aromatic rings. The number of hydrogen-bond donors (Lipinski definition) is 0. The van der Waals surface area contributed by atoms with E-state index in [1.54, 1.807) is 12.1 Å². The smallest absolute Gasteiger partial charge is 0.152 e. The van der Waals surface area contributed by atoms with Crippen molar-refractivity contribution >= 4 is 60.8 Å². The molecule has 0 heterocycles. The number of carbonyl (C=O) groups is 1. The number of rotatable bonds is 3. The molecule has 0 amide bonds. The first-order valence-electron chi connectivity index (χ1n) is 5.44. The molecule has 1 unspecified atom stereocenters. The molecule has 0 bridgehead atoms. The first-order valence-corrected chi connectivity index (χ1v) is 7.91. The van der Waals surface area contributed by atoms with Crippen LogP contribution in [0.15, 0.2) is 16.6 Å². The van der Waals surface area contributed by atoms with E-state index in [0.717, 1.165) is 10.0 Å². The molecule has 1 rings (SSSR count). The number of hydrogen-bond acceptors (Lipinski definition) is 1. The Morgan fingerprint density at radius 2 is 1.72 bits per heavy atom. The fourth-order valence-electron chi connectivity index (χ4n) is 1.51. The Labute approximate surface area is 134 Å². The first kappa shape index (κ1) is 16.5. The summed E-state index contributed by atoms with van der Waals surface area (Å²) in [6.45, 7) is 5.69. The molecule has 0 radical (unpaired) electrons. The van der Waals surface area contributed by atoms with E-state index in [1.165, 1.54) is 0 Å². The molecule has 0 aliphatic rings. The minimum Gasteiger partial charge on any atom is -0.298 e. The van der Waals surface area contributed by atoms with Crippen molar-refractivity contribution in [3.63, 3.8) is 0 Å². The van der Waals surface area contributed by atoms with Gasteiger partial charge in [-0.2, -0.15) is 0 Å². The molecule has 5 heteroatoms. The summed E-state index contributed by atoms with van der Waals surface area (Å²) in [5.41, 5.74) is 0.406. The van der Waals surface area contributed by atoms with E-state index >= 15 is 0 Å². The number of halogens is 4. The first-order chi connectivity index (χ1) is 8.12. The highest BCUT2D eigenvalue weighted by molar-refractivity contribution is 9.10. The molecule has 18 heavy (non-hydrogen) atoms. The summed E-state index contributed by atoms with van der Waals surface area (Å²) in [6.07, 6.45) is 0.487. The van der Waals surface area contributed by atoms with Gasteiger partial charge in [-0.25, -0.2) is 0 Å². The Morgan fingerprint density at radius 1 is 1.28 bits per heavy atom. The summed E-state index contributed by atoms with van der Waals surface area (Å²) < 4.78 is 0.828. The topological polar surface area (TPSA) is 17.1 Å². The summed E-state index contributed by atoms with van der Waals surface area (Å²) in [5, 5.41) is 1.14. The zero-order chi connectivity index (χ0) is 14.1. The van der Waals surface area contributed by atoms with Crippen molar-refractivity contribution in [2.75, 3.05) is 0 Å². The number of alkyl halides is 1. The summed E-state index contributed by atoms with van der Waals surface area (Å²) in [7, 11) is 0. The summed E-state index contributed by atoms with van der Waals surface area (Å²) >= 11 is 19.1. The fourth-order valence-corrected chi connectivity index (χ4v) is 3.88. The van der Waals surface area contributed by atoms with Crippen LogP contribution in [0.3, 0.4) is 0 Å². The zero-order valence-corrected chi connectivity index (χ0v) is 15.0. The molecule has 0 spiro atoms. The molecule has 0 saturated carbocycles. The number of Topliss-reactive ketones (excluding diaryl/α,β-unsaturated/α-hetero) is 1. The van der Waals surface area contributed by atoms with Crippen LogP contribution >= 0.6 is 55.1 Å². The minimum atomic E-state index is -0.386. The third-order valence-electron chi connectivity index (χ3n) is 2.51. The zero-order valence-electron chi connectivity index (χ0n) is 10.4. The molecule has 0 aliphatic heterocycles. The van der Waals surface area contributed by atoms with Gasteiger partial charge in [-0.3, -0.25) is 4.79 Å². The van der Waals surface area contributed by atoms with Gasteiger partial charge in [0.2, 0.25) is 0 Å². The van der Waals surface area contributed by atoms with E-state index in [9.17, 15) is 4.79 Å². The van der Waals surface area contributed by atoms with Gasteiger partial charge in [0.25, 0.3) is 0 Å². The highest BCUT2D eigenvalue weighted by atomic mass is 79.9. The predicted octanol–water partition coefficient (Wildman–Crippen LogP) is 5.68. The van der Waals surface area contributed by atoms with Crippen LogP contribution in [0.25, 0.3) is 0 Å². The van der Waals surface area contributed by atoms with Crippen molar-refractivity contribution in [3.8, 4) is 0 Å². The van der Waals surface area contributed by atoms with E-state index in [2.05, 4.69) is 31.9 Å². The molecule has 0 aliphatic carbocycles. The summed E-state index contributed by atoms with van der Waals surface area (Å²) in [4.78, 5) is 11.8. The van der Waals surface area contributed by atoms with Gasteiger partial charge < -0.3 is 0 Å². The average Bonchev–Trinajstić information content (AvgIpc) is 2.20. The Kier molecular flexibility index (Phi) is 5.73. The van der Waals surface area contributed by atoms with Gasteiger partial charge in [-0.15, -0.1) is 0 Å². The van der Waals surface area contributed by atoms with Gasteiger partial charge in [-0.05, 0) is 24.1 Å². The Hall–Kier alpha value is 0.430. The second kappa shape index (κ2) is 6.25. The third-order valence-corrected chi connectivity index (χ3v) is 4.38. The lowest BCUT2D eigenvalue weighted by Crippen LogP contribution is -2.30. The molecule has 1 atom stereocenters. The van der Waals surface area contributed by atoms with Gasteiger partial charge in [0, 0.05) is 19.9 Å². The molecule has 1 nitrogen and oxygen atoms in total. The minimum absolute atomic E-state index is 0.137. The van der Waals surface area contributed by atoms with Crippen molar-refractivity contribution in [3.05, 3.63) is 32.2 Å². The number of carbonyl (C=O) groups excluding carboxylic acids is 1. The molecule has 0 N–H and O–H groups in total. The van der Waals surface area contributed by atoms with E-state index in [1.807, 2.05) is 20.8 Å². The molecule has 0 fully saturated rings. The summed E-state index contributed by atoms with van der Waals surface area (Å²) in [5.74, 6) is 0.137. The number of ketones is 1. The second-order valence-electron chi connectivity index (χ2n) is 5.13. The van der Waals surface area contributed by atoms with Crippen LogP contribution < -0.4 is 0 Å². The van der Waals surface area contributed by atoms with Crippen molar-refractivity contribution in [2.24, 2.45) is 5.41 Å². The monoisotopic (exact) mass is 414 g/mol. The van der Waals surface area contributed by atoms with Crippen molar-refractivity contribution in [1.82, 2.24) is 0 Å². The van der Waals surface area contributed by atoms with Crippen LogP contribution in [0.2, 0.25) is 10.0 Å². The normalized spacial score (nSPS) is 13.5. The van der Waals surface area contributed by atoms with Gasteiger partial charge in [0.05, 0.1) is 4.83 Å². The van der Waals surface area contributed by atoms with Gasteiger partial charge in [0.15, 0.2) is 5.78 Å². The van der Waals surface area contributed by atoms with Crippen LogP contribution in [0.4, 0.5) is 0 Å². The molecule has 1 aromatic carbocycles. The Morgan fingerprint density at radius 3 is 2.11 bits per heavy atom. The maximum absolute atomic E-state index is 12.1. The van der Waals surface area contributed by atoms with E-state index in [-0.39, 0.29) is 16.0 Å². The van der Waals surface area contributed by atoms with Gasteiger partial charge >= 0.3 is 0 Å². The maximum Gasteiger partial charge on any atom is 0.152 e. The Balaban J connectivity index is 2.96. The summed E-state index contributed by atoms with van der Waals surface area (Å²) in [6, 6.07) is 3.56. The van der Waals surface area contributed by atoms with Crippen LogP contribution in [0, 0.1) is 5.41 Å². The van der Waals surface area contributed by atoms with Crippen LogP contribution in [-0.2, 0) is 11.2 Å². The van der Waals surface area contributed by atoms with Crippen LogP contribution in [0.1, 0.15) is 26.3 Å². The van der Waals surface area contributed by atoms with Crippen LogP contribution in [0.5, 0.6) is 0 Å². The fraction of sp³-hybridized carbons (Fsp3) is 0.462. The highest BCUT2D eigenvalue weighted by Crippen LogP contribution is 2.32. The molecular formula is C13H14Br2Cl2O. The lowest BCUT2D eigenvalue weighted by molar-refractivity contribution is -0.125. The average molecular weight is 417 g/mol. The predicted molar refractivity (Wildman–Crippen MR) is 85.0 cm³/mol. The number of benzene rings is 1. The maximum atomic E-state index is 12.1. The highest BCUT2D eigenvalue weighted by Gasteiger charge is 2.28. The largest absolute Gasteiger partial charge is 0.298 e. The molecule has 0 aromatic heterocycles. The lowest BCUT2D eigenvalue weighted by Gasteiger charge is -2.21. The Bertz CT molecular complexity index is 444. The van der Waals surface area contributed by atoms with Crippen molar-refractivity contribution < 1.29 is 4.79 Å². The van der Waals surface area contributed by atoms with Crippen LogP contribution in [-0.4, -0.2) is 10.6 Å². The standard InChI is InChI=1S/C13H14Br2Cl2O/c1-13(2,3)12(18)9(15)6-8-10(16)4-7(14)5-11(8)17/h4-5,9H,6H2,1-3H3. The van der Waals surface area contributed by atoms with Gasteiger partial charge in [0.1, 0.15) is 0 Å².